The Labute approximate surface area is 92.3 Å². The molecule has 0 bridgehead atoms. The Bertz CT molecular complexity index is 293. The lowest BCUT2D eigenvalue weighted by atomic mass is 9.88. The van der Waals surface area contributed by atoms with Crippen LogP contribution in [0.1, 0.15) is 6.92 Å². The van der Waals surface area contributed by atoms with Gasteiger partial charge in [-0.15, -0.1) is 0 Å². The molecule has 1 fully saturated rings. The average Bonchev–Trinajstić information content (AvgIpc) is 2.16. The molecule has 1 unspecified atom stereocenters. The van der Waals surface area contributed by atoms with E-state index in [1.165, 1.54) is 18.8 Å². The van der Waals surface area contributed by atoms with Crippen molar-refractivity contribution in [2.75, 3.05) is 31.6 Å². The summed E-state index contributed by atoms with van der Waals surface area (Å²) >= 11 is 0. The first-order chi connectivity index (χ1) is 7.27. The van der Waals surface area contributed by atoms with Crippen molar-refractivity contribution in [2.45, 2.75) is 6.92 Å². The van der Waals surface area contributed by atoms with E-state index in [4.69, 9.17) is 0 Å². The molecule has 2 nitrogen and oxygen atoms in total. The largest absolute Gasteiger partial charge is 0.374 e. The number of hydrogen-bond acceptors (Lipinski definition) is 2. The number of hydrogen-bond donors (Lipinski definition) is 1. The van der Waals surface area contributed by atoms with Crippen LogP contribution in [-0.2, 0) is 0 Å². The molecule has 1 aliphatic heterocycles. The second kappa shape index (κ2) is 4.67. The van der Waals surface area contributed by atoms with Gasteiger partial charge in [0.2, 0.25) is 0 Å². The number of benzene rings is 1. The van der Waals surface area contributed by atoms with Gasteiger partial charge in [-0.3, -0.25) is 0 Å². The zero-order valence-corrected chi connectivity index (χ0v) is 9.61. The third-order valence-corrected chi connectivity index (χ3v) is 3.38. The molecule has 1 heterocycles. The van der Waals surface area contributed by atoms with Crippen LogP contribution in [-0.4, -0.2) is 26.7 Å². The molecule has 2 rings (SSSR count). The molecule has 1 atom stereocenters. The van der Waals surface area contributed by atoms with Crippen molar-refractivity contribution in [1.29, 1.82) is 0 Å². The molecule has 1 aromatic carbocycles. The highest BCUT2D eigenvalue weighted by Gasteiger charge is 2.24. The summed E-state index contributed by atoms with van der Waals surface area (Å²) in [5, 5.41) is 3.34. The van der Waals surface area contributed by atoms with Crippen molar-refractivity contribution in [3.05, 3.63) is 30.3 Å². The Morgan fingerprint density at radius 3 is 2.53 bits per heavy atom. The fourth-order valence-electron chi connectivity index (χ4n) is 2.08. The van der Waals surface area contributed by atoms with Crippen LogP contribution in [0.5, 0.6) is 0 Å². The van der Waals surface area contributed by atoms with Crippen molar-refractivity contribution in [1.82, 2.24) is 5.32 Å². The quantitative estimate of drug-likeness (QED) is 0.806. The molecule has 0 aromatic heterocycles. The van der Waals surface area contributed by atoms with Crippen molar-refractivity contribution >= 4 is 5.69 Å². The van der Waals surface area contributed by atoms with Gasteiger partial charge in [-0.25, -0.2) is 0 Å². The summed E-state index contributed by atoms with van der Waals surface area (Å²) in [7, 11) is 2.18. The predicted molar refractivity (Wildman–Crippen MR) is 65.2 cm³/mol. The van der Waals surface area contributed by atoms with E-state index in [-0.39, 0.29) is 0 Å². The fourth-order valence-corrected chi connectivity index (χ4v) is 2.08. The van der Waals surface area contributed by atoms with Gasteiger partial charge >= 0.3 is 0 Å². The van der Waals surface area contributed by atoms with Crippen molar-refractivity contribution in [3.8, 4) is 0 Å². The Hall–Kier alpha value is -1.02. The average molecular weight is 204 g/mol. The molecule has 0 aliphatic carbocycles. The molecular formula is C13H20N2. The van der Waals surface area contributed by atoms with Gasteiger partial charge in [-0.05, 0) is 37.1 Å². The van der Waals surface area contributed by atoms with E-state index in [9.17, 15) is 0 Å². The zero-order valence-electron chi connectivity index (χ0n) is 9.61. The molecule has 1 aromatic rings. The second-order valence-corrected chi connectivity index (χ2v) is 4.61. The van der Waals surface area contributed by atoms with E-state index >= 15 is 0 Å². The summed E-state index contributed by atoms with van der Waals surface area (Å²) < 4.78 is 0. The highest BCUT2D eigenvalue weighted by Crippen LogP contribution is 2.19. The second-order valence-electron chi connectivity index (χ2n) is 4.61. The van der Waals surface area contributed by atoms with Gasteiger partial charge in [0.25, 0.3) is 0 Å². The lowest BCUT2D eigenvalue weighted by Crippen LogP contribution is -2.47. The SMILES string of the molecule is CC(CN(C)c1ccccc1)C1CNC1. The number of nitrogens with one attached hydrogen (secondary N) is 1. The van der Waals surface area contributed by atoms with Gasteiger partial charge in [0.1, 0.15) is 0 Å². The van der Waals surface area contributed by atoms with Gasteiger partial charge in [0, 0.05) is 19.3 Å². The Morgan fingerprint density at radius 2 is 2.00 bits per heavy atom. The van der Waals surface area contributed by atoms with Crippen molar-refractivity contribution < 1.29 is 0 Å². The van der Waals surface area contributed by atoms with E-state index in [1.54, 1.807) is 0 Å². The molecule has 0 radical (unpaired) electrons. The summed E-state index contributed by atoms with van der Waals surface area (Å²) in [5.41, 5.74) is 1.32. The van der Waals surface area contributed by atoms with Crippen LogP contribution in [0.2, 0.25) is 0 Å². The van der Waals surface area contributed by atoms with Gasteiger partial charge in [-0.1, -0.05) is 25.1 Å². The number of anilines is 1. The molecule has 1 aliphatic rings. The van der Waals surface area contributed by atoms with Crippen LogP contribution in [0.4, 0.5) is 5.69 Å². The third-order valence-electron chi connectivity index (χ3n) is 3.38. The number of para-hydroxylation sites is 1. The van der Waals surface area contributed by atoms with Crippen LogP contribution < -0.4 is 10.2 Å². The van der Waals surface area contributed by atoms with E-state index in [1.807, 2.05) is 0 Å². The molecule has 1 N–H and O–H groups in total. The lowest BCUT2D eigenvalue weighted by molar-refractivity contribution is 0.252. The van der Waals surface area contributed by atoms with Gasteiger partial charge in [0.15, 0.2) is 0 Å². The smallest absolute Gasteiger partial charge is 0.0363 e. The maximum atomic E-state index is 3.34. The van der Waals surface area contributed by atoms with Crippen molar-refractivity contribution in [2.24, 2.45) is 11.8 Å². The Morgan fingerprint density at radius 1 is 1.33 bits per heavy atom. The monoisotopic (exact) mass is 204 g/mol. The predicted octanol–water partition coefficient (Wildman–Crippen LogP) is 1.98. The normalized spacial score (nSPS) is 18.3. The highest BCUT2D eigenvalue weighted by atomic mass is 15.1. The lowest BCUT2D eigenvalue weighted by Gasteiger charge is -2.35. The molecular weight excluding hydrogens is 184 g/mol. The maximum absolute atomic E-state index is 3.34. The first-order valence-electron chi connectivity index (χ1n) is 5.74. The molecule has 1 saturated heterocycles. The van der Waals surface area contributed by atoms with Crippen molar-refractivity contribution in [3.63, 3.8) is 0 Å². The number of nitrogens with zero attached hydrogens (tertiary/aromatic N) is 1. The molecule has 15 heavy (non-hydrogen) atoms. The standard InChI is InChI=1S/C13H20N2/c1-11(12-8-14-9-12)10-15(2)13-6-4-3-5-7-13/h3-7,11-12,14H,8-10H2,1-2H3. The molecule has 0 amide bonds. The first-order valence-corrected chi connectivity index (χ1v) is 5.74. The van der Waals surface area contributed by atoms with Crippen LogP contribution in [0.25, 0.3) is 0 Å². The Balaban J connectivity index is 1.88. The maximum Gasteiger partial charge on any atom is 0.0363 e. The summed E-state index contributed by atoms with van der Waals surface area (Å²) in [4.78, 5) is 2.35. The van der Waals surface area contributed by atoms with Crippen LogP contribution in [0.3, 0.4) is 0 Å². The number of rotatable bonds is 4. The van der Waals surface area contributed by atoms with Crippen LogP contribution >= 0.6 is 0 Å². The Kier molecular flexibility index (Phi) is 3.27. The topological polar surface area (TPSA) is 15.3 Å². The van der Waals surface area contributed by atoms with E-state index in [2.05, 4.69) is 54.5 Å². The molecule has 2 heteroatoms. The van der Waals surface area contributed by atoms with E-state index < -0.39 is 0 Å². The molecule has 82 valence electrons. The zero-order chi connectivity index (χ0) is 10.7. The summed E-state index contributed by atoms with van der Waals surface area (Å²) in [5.74, 6) is 1.65. The minimum absolute atomic E-state index is 0.774. The van der Waals surface area contributed by atoms with Gasteiger partial charge in [-0.2, -0.15) is 0 Å². The molecule has 0 spiro atoms. The van der Waals surface area contributed by atoms with E-state index in [0.717, 1.165) is 18.4 Å². The summed E-state index contributed by atoms with van der Waals surface area (Å²) in [6, 6.07) is 10.6. The van der Waals surface area contributed by atoms with E-state index in [0.29, 0.717) is 0 Å². The third kappa shape index (κ3) is 2.51. The minimum Gasteiger partial charge on any atom is -0.374 e. The van der Waals surface area contributed by atoms with Gasteiger partial charge in [0.05, 0.1) is 0 Å². The first kappa shape index (κ1) is 10.5. The minimum atomic E-state index is 0.774. The molecule has 0 saturated carbocycles. The fraction of sp³-hybridized carbons (Fsp3) is 0.538. The summed E-state index contributed by atoms with van der Waals surface area (Å²) in [6.45, 7) is 5.90. The van der Waals surface area contributed by atoms with Crippen LogP contribution in [0, 0.1) is 11.8 Å². The van der Waals surface area contributed by atoms with Crippen LogP contribution in [0.15, 0.2) is 30.3 Å². The summed E-state index contributed by atoms with van der Waals surface area (Å²) in [6.07, 6.45) is 0. The van der Waals surface area contributed by atoms with Gasteiger partial charge < -0.3 is 10.2 Å². The highest BCUT2D eigenvalue weighted by molar-refractivity contribution is 5.44.